The molecular formula is C26H30FN7O3. The highest BCUT2D eigenvalue weighted by Crippen LogP contribution is 2.26. The molecule has 2 aromatic heterocycles. The number of aliphatic hydroxyl groups is 1. The number of carbonyl (C=O) groups is 1. The van der Waals surface area contributed by atoms with Gasteiger partial charge in [0.2, 0.25) is 5.91 Å². The molecule has 11 heteroatoms. The van der Waals surface area contributed by atoms with Crippen LogP contribution in [0.1, 0.15) is 13.3 Å². The molecule has 0 saturated heterocycles. The first-order chi connectivity index (χ1) is 18.1. The second kappa shape index (κ2) is 12.7. The second-order valence-corrected chi connectivity index (χ2v) is 8.34. The summed E-state index contributed by atoms with van der Waals surface area (Å²) in [6.07, 6.45) is 5.57. The molecule has 0 fully saturated rings. The molecule has 4 aromatic rings. The molecule has 4 rings (SSSR count). The van der Waals surface area contributed by atoms with Gasteiger partial charge in [0.05, 0.1) is 36.3 Å². The zero-order valence-electron chi connectivity index (χ0n) is 20.6. The summed E-state index contributed by atoms with van der Waals surface area (Å²) in [5.74, 6) is 0.421. The number of aromatic nitrogens is 4. The molecule has 2 heterocycles. The van der Waals surface area contributed by atoms with Crippen molar-refractivity contribution in [2.24, 2.45) is 0 Å². The standard InChI is InChI=1S/C26H30FN7O3/c1-2-33(11-12-35)10-5-13-37-20-8-9-21-24(14-20)28-18-29-26(21)31-19-15-30-34(16-19)17-25(36)32-23-7-4-3-6-22(23)27/h3-4,6-9,14-16,18,35H,2,5,10-13,17H2,1H3,(H,32,36)(H,28,29,31). The largest absolute Gasteiger partial charge is 0.493 e. The molecule has 37 heavy (non-hydrogen) atoms. The summed E-state index contributed by atoms with van der Waals surface area (Å²) in [4.78, 5) is 23.2. The van der Waals surface area contributed by atoms with Gasteiger partial charge in [-0.1, -0.05) is 19.1 Å². The zero-order valence-corrected chi connectivity index (χ0v) is 20.6. The van der Waals surface area contributed by atoms with E-state index in [0.29, 0.717) is 24.7 Å². The predicted octanol–water partition coefficient (Wildman–Crippen LogP) is 3.43. The number of anilines is 3. The number of rotatable bonds is 13. The van der Waals surface area contributed by atoms with Crippen LogP contribution in [0.15, 0.2) is 61.2 Å². The van der Waals surface area contributed by atoms with Crippen LogP contribution in [-0.4, -0.2) is 68.5 Å². The highest BCUT2D eigenvalue weighted by Gasteiger charge is 2.11. The monoisotopic (exact) mass is 507 g/mol. The van der Waals surface area contributed by atoms with E-state index in [4.69, 9.17) is 9.84 Å². The van der Waals surface area contributed by atoms with Crippen molar-refractivity contribution in [3.8, 4) is 5.75 Å². The average Bonchev–Trinajstić information content (AvgIpc) is 3.33. The maximum Gasteiger partial charge on any atom is 0.246 e. The Balaban J connectivity index is 1.34. The summed E-state index contributed by atoms with van der Waals surface area (Å²) < 4.78 is 21.1. The third-order valence-corrected chi connectivity index (χ3v) is 5.71. The van der Waals surface area contributed by atoms with Gasteiger partial charge >= 0.3 is 0 Å². The van der Waals surface area contributed by atoms with Crippen LogP contribution in [0.5, 0.6) is 5.75 Å². The van der Waals surface area contributed by atoms with Crippen molar-refractivity contribution in [2.75, 3.05) is 43.5 Å². The van der Waals surface area contributed by atoms with E-state index in [9.17, 15) is 9.18 Å². The summed E-state index contributed by atoms with van der Waals surface area (Å²) in [6.45, 7) is 5.13. The molecule has 0 saturated carbocycles. The molecule has 0 bridgehead atoms. The molecule has 0 aliphatic carbocycles. The van der Waals surface area contributed by atoms with Gasteiger partial charge in [0, 0.05) is 30.7 Å². The van der Waals surface area contributed by atoms with Gasteiger partial charge < -0.3 is 25.4 Å². The number of nitrogens with zero attached hydrogens (tertiary/aromatic N) is 5. The van der Waals surface area contributed by atoms with Crippen LogP contribution in [0.3, 0.4) is 0 Å². The normalized spacial score (nSPS) is 11.1. The number of aliphatic hydroxyl groups excluding tert-OH is 1. The third-order valence-electron chi connectivity index (χ3n) is 5.71. The average molecular weight is 508 g/mol. The van der Waals surface area contributed by atoms with E-state index < -0.39 is 11.7 Å². The molecule has 0 aliphatic heterocycles. The molecule has 0 unspecified atom stereocenters. The molecule has 3 N–H and O–H groups in total. The van der Waals surface area contributed by atoms with Crippen LogP contribution in [0.2, 0.25) is 0 Å². The Kier molecular flexibility index (Phi) is 8.95. The number of amides is 1. The summed E-state index contributed by atoms with van der Waals surface area (Å²) in [5, 5.41) is 19.8. The molecule has 0 atom stereocenters. The maximum absolute atomic E-state index is 13.8. The van der Waals surface area contributed by atoms with E-state index >= 15 is 0 Å². The minimum Gasteiger partial charge on any atom is -0.493 e. The van der Waals surface area contributed by atoms with E-state index in [1.165, 1.54) is 23.1 Å². The Bertz CT molecular complexity index is 1330. The maximum atomic E-state index is 13.8. The first kappa shape index (κ1) is 26.0. The van der Waals surface area contributed by atoms with Gasteiger partial charge in [-0.25, -0.2) is 14.4 Å². The molecule has 1 amide bonds. The molecule has 2 aromatic carbocycles. The van der Waals surface area contributed by atoms with Crippen LogP contribution in [0.4, 0.5) is 21.6 Å². The Morgan fingerprint density at radius 3 is 2.86 bits per heavy atom. The number of likely N-dealkylation sites (N-methyl/N-ethyl adjacent to an activating group) is 1. The minimum absolute atomic E-state index is 0.0722. The van der Waals surface area contributed by atoms with Crippen molar-refractivity contribution >= 4 is 34.0 Å². The van der Waals surface area contributed by atoms with Crippen molar-refractivity contribution in [1.82, 2.24) is 24.6 Å². The summed E-state index contributed by atoms with van der Waals surface area (Å²) in [7, 11) is 0. The van der Waals surface area contributed by atoms with Crippen molar-refractivity contribution in [1.29, 1.82) is 0 Å². The first-order valence-electron chi connectivity index (χ1n) is 12.1. The number of hydrogen-bond acceptors (Lipinski definition) is 8. The summed E-state index contributed by atoms with van der Waals surface area (Å²) in [5.41, 5.74) is 1.49. The fourth-order valence-electron chi connectivity index (χ4n) is 3.82. The Morgan fingerprint density at radius 1 is 1.19 bits per heavy atom. The predicted molar refractivity (Wildman–Crippen MR) is 139 cm³/mol. The quantitative estimate of drug-likeness (QED) is 0.236. The van der Waals surface area contributed by atoms with Crippen LogP contribution in [-0.2, 0) is 11.3 Å². The Labute approximate surface area is 214 Å². The van der Waals surface area contributed by atoms with Crippen molar-refractivity contribution < 1.29 is 19.0 Å². The van der Waals surface area contributed by atoms with Crippen LogP contribution in [0.25, 0.3) is 10.9 Å². The number of halogens is 1. The van der Waals surface area contributed by atoms with Crippen molar-refractivity contribution in [2.45, 2.75) is 19.9 Å². The fourth-order valence-corrected chi connectivity index (χ4v) is 3.82. The van der Waals surface area contributed by atoms with E-state index in [1.54, 1.807) is 24.5 Å². The number of nitrogens with one attached hydrogen (secondary N) is 2. The van der Waals surface area contributed by atoms with Gasteiger partial charge in [-0.05, 0) is 37.2 Å². The van der Waals surface area contributed by atoms with E-state index in [-0.39, 0.29) is 18.8 Å². The molecular weight excluding hydrogens is 477 g/mol. The van der Waals surface area contributed by atoms with E-state index in [2.05, 4.69) is 37.5 Å². The SMILES string of the molecule is CCN(CCO)CCCOc1ccc2c(Nc3cnn(CC(=O)Nc4ccccc4F)c3)ncnc2c1. The number of ether oxygens (including phenoxy) is 1. The topological polar surface area (TPSA) is 117 Å². The minimum atomic E-state index is -0.496. The number of para-hydroxylation sites is 1. The van der Waals surface area contributed by atoms with Gasteiger partial charge in [0.15, 0.2) is 0 Å². The zero-order chi connectivity index (χ0) is 26.0. The van der Waals surface area contributed by atoms with Gasteiger partial charge in [-0.2, -0.15) is 5.10 Å². The molecule has 0 aliphatic rings. The van der Waals surface area contributed by atoms with Crippen molar-refractivity contribution in [3.63, 3.8) is 0 Å². The van der Waals surface area contributed by atoms with Gasteiger partial charge in [-0.15, -0.1) is 0 Å². The van der Waals surface area contributed by atoms with E-state index in [0.717, 1.165) is 36.2 Å². The Hall–Kier alpha value is -4.09. The number of carbonyl (C=O) groups excluding carboxylic acids is 1. The lowest BCUT2D eigenvalue weighted by Gasteiger charge is -2.18. The van der Waals surface area contributed by atoms with Crippen LogP contribution >= 0.6 is 0 Å². The second-order valence-electron chi connectivity index (χ2n) is 8.34. The first-order valence-corrected chi connectivity index (χ1v) is 12.1. The molecule has 194 valence electrons. The third kappa shape index (κ3) is 7.21. The summed E-state index contributed by atoms with van der Waals surface area (Å²) >= 11 is 0. The highest BCUT2D eigenvalue weighted by atomic mass is 19.1. The van der Waals surface area contributed by atoms with Crippen LogP contribution in [0, 0.1) is 5.82 Å². The van der Waals surface area contributed by atoms with Crippen molar-refractivity contribution in [3.05, 3.63) is 67.0 Å². The number of fused-ring (bicyclic) bond motifs is 1. The van der Waals surface area contributed by atoms with Gasteiger partial charge in [0.1, 0.15) is 30.3 Å². The molecule has 10 nitrogen and oxygen atoms in total. The van der Waals surface area contributed by atoms with Gasteiger partial charge in [-0.3, -0.25) is 9.48 Å². The summed E-state index contributed by atoms with van der Waals surface area (Å²) in [6, 6.07) is 11.6. The van der Waals surface area contributed by atoms with Gasteiger partial charge in [0.25, 0.3) is 0 Å². The number of hydrogen-bond donors (Lipinski definition) is 3. The molecule has 0 spiro atoms. The fraction of sp³-hybridized carbons (Fsp3) is 0.308. The van der Waals surface area contributed by atoms with Crippen LogP contribution < -0.4 is 15.4 Å². The smallest absolute Gasteiger partial charge is 0.246 e. The van der Waals surface area contributed by atoms with E-state index in [1.807, 2.05) is 18.2 Å². The number of benzene rings is 2. The Morgan fingerprint density at radius 2 is 2.05 bits per heavy atom. The highest BCUT2D eigenvalue weighted by molar-refractivity contribution is 5.92. The lowest BCUT2D eigenvalue weighted by molar-refractivity contribution is -0.116. The lowest BCUT2D eigenvalue weighted by atomic mass is 10.2. The lowest BCUT2D eigenvalue weighted by Crippen LogP contribution is -2.28. The molecule has 0 radical (unpaired) electrons.